The van der Waals surface area contributed by atoms with E-state index in [1.807, 2.05) is 0 Å². The van der Waals surface area contributed by atoms with E-state index < -0.39 is 28.1 Å². The number of primary amides is 1. The molecule has 2 unspecified atom stereocenters. The fourth-order valence-corrected chi connectivity index (χ4v) is 3.90. The van der Waals surface area contributed by atoms with Crippen LogP contribution in [0.15, 0.2) is 23.1 Å². The van der Waals surface area contributed by atoms with E-state index in [2.05, 4.69) is 0 Å². The number of benzene rings is 1. The summed E-state index contributed by atoms with van der Waals surface area (Å²) in [7, 11) is -3.91. The van der Waals surface area contributed by atoms with Gasteiger partial charge in [0.1, 0.15) is 6.04 Å². The number of amides is 1. The summed E-state index contributed by atoms with van der Waals surface area (Å²) >= 11 is 0. The second-order valence-electron chi connectivity index (χ2n) is 4.90. The molecule has 1 heterocycles. The van der Waals surface area contributed by atoms with E-state index >= 15 is 0 Å². The van der Waals surface area contributed by atoms with Gasteiger partial charge >= 0.3 is 0 Å². The zero-order valence-corrected chi connectivity index (χ0v) is 11.8. The minimum absolute atomic E-state index is 0.00983. The van der Waals surface area contributed by atoms with E-state index in [0.717, 1.165) is 9.87 Å². The maximum Gasteiger partial charge on any atom is 0.243 e. The van der Waals surface area contributed by atoms with Crippen molar-refractivity contribution in [1.29, 1.82) is 0 Å². The number of carbonyl (C=O) groups excluding carboxylic acids is 1. The molecule has 1 fully saturated rings. The molecule has 2 atom stereocenters. The van der Waals surface area contributed by atoms with Crippen molar-refractivity contribution in [3.8, 4) is 0 Å². The Kier molecular flexibility index (Phi) is 3.72. The molecule has 0 spiro atoms. The van der Waals surface area contributed by atoms with E-state index in [1.54, 1.807) is 13.0 Å². The van der Waals surface area contributed by atoms with E-state index in [-0.39, 0.29) is 17.9 Å². The first kappa shape index (κ1) is 14.8. The Balaban J connectivity index is 2.43. The number of nitrogens with zero attached hydrogens (tertiary/aromatic N) is 1. The first-order valence-electron chi connectivity index (χ1n) is 6.09. The number of hydrogen-bond acceptors (Lipinski definition) is 5. The van der Waals surface area contributed by atoms with Crippen LogP contribution in [0.2, 0.25) is 0 Å². The van der Waals surface area contributed by atoms with Crippen molar-refractivity contribution >= 4 is 21.6 Å². The minimum atomic E-state index is -3.91. The summed E-state index contributed by atoms with van der Waals surface area (Å²) < 4.78 is 26.0. The standard InChI is InChI=1S/C12H17N3O4S/c1-7-2-3-9(5-10(7)13)20(18,19)15-6-8(16)4-11(15)12(14)17/h2-3,5,8,11,16H,4,6,13H2,1H3,(H2,14,17). The Morgan fingerprint density at radius 3 is 2.65 bits per heavy atom. The summed E-state index contributed by atoms with van der Waals surface area (Å²) in [5.41, 5.74) is 12.0. The minimum Gasteiger partial charge on any atom is -0.398 e. The van der Waals surface area contributed by atoms with E-state index in [9.17, 15) is 18.3 Å². The van der Waals surface area contributed by atoms with Gasteiger partial charge in [0.15, 0.2) is 0 Å². The topological polar surface area (TPSA) is 127 Å². The van der Waals surface area contributed by atoms with Gasteiger partial charge < -0.3 is 16.6 Å². The van der Waals surface area contributed by atoms with Gasteiger partial charge in [0.05, 0.1) is 11.0 Å². The number of carbonyl (C=O) groups is 1. The van der Waals surface area contributed by atoms with Gasteiger partial charge in [-0.3, -0.25) is 4.79 Å². The zero-order chi connectivity index (χ0) is 15.1. The fraction of sp³-hybridized carbons (Fsp3) is 0.417. The summed E-state index contributed by atoms with van der Waals surface area (Å²) in [6.07, 6.45) is -0.888. The molecule has 1 amide bonds. The zero-order valence-electron chi connectivity index (χ0n) is 11.0. The number of β-amino-alcohol motifs (C(OH)–C–C–N with tert-alkyl or cyclic N) is 1. The van der Waals surface area contributed by atoms with Crippen LogP contribution in [0.1, 0.15) is 12.0 Å². The lowest BCUT2D eigenvalue weighted by atomic mass is 10.2. The predicted octanol–water partition coefficient (Wildman–Crippen LogP) is -0.814. The highest BCUT2D eigenvalue weighted by Gasteiger charge is 2.42. The van der Waals surface area contributed by atoms with Crippen LogP contribution in [-0.2, 0) is 14.8 Å². The number of nitrogens with two attached hydrogens (primary N) is 2. The summed E-state index contributed by atoms with van der Waals surface area (Å²) in [6, 6.07) is 3.32. The van der Waals surface area contributed by atoms with Crippen molar-refractivity contribution in [3.63, 3.8) is 0 Å². The number of sulfonamides is 1. The molecule has 1 aliphatic heterocycles. The molecule has 1 aromatic carbocycles. The molecule has 20 heavy (non-hydrogen) atoms. The van der Waals surface area contributed by atoms with Crippen LogP contribution < -0.4 is 11.5 Å². The Hall–Kier alpha value is -1.64. The number of anilines is 1. The van der Waals surface area contributed by atoms with Crippen LogP contribution in [0.25, 0.3) is 0 Å². The first-order valence-corrected chi connectivity index (χ1v) is 7.53. The average Bonchev–Trinajstić information content (AvgIpc) is 2.75. The van der Waals surface area contributed by atoms with Crippen molar-refractivity contribution in [1.82, 2.24) is 4.31 Å². The van der Waals surface area contributed by atoms with Crippen LogP contribution in [0.4, 0.5) is 5.69 Å². The third-order valence-corrected chi connectivity index (χ3v) is 5.29. The smallest absolute Gasteiger partial charge is 0.243 e. The second-order valence-corrected chi connectivity index (χ2v) is 6.79. The lowest BCUT2D eigenvalue weighted by Gasteiger charge is -2.21. The predicted molar refractivity (Wildman–Crippen MR) is 73.1 cm³/mol. The number of aliphatic hydroxyl groups is 1. The highest BCUT2D eigenvalue weighted by Crippen LogP contribution is 2.27. The largest absolute Gasteiger partial charge is 0.398 e. The van der Waals surface area contributed by atoms with Crippen molar-refractivity contribution in [2.75, 3.05) is 12.3 Å². The highest BCUT2D eigenvalue weighted by molar-refractivity contribution is 7.89. The van der Waals surface area contributed by atoms with Gasteiger partial charge in [0.2, 0.25) is 15.9 Å². The molecule has 7 nitrogen and oxygen atoms in total. The molecule has 0 aliphatic carbocycles. The molecule has 2 rings (SSSR count). The number of aryl methyl sites for hydroxylation is 1. The van der Waals surface area contributed by atoms with Crippen molar-refractivity contribution in [2.45, 2.75) is 30.4 Å². The summed E-state index contributed by atoms with van der Waals surface area (Å²) in [6.45, 7) is 1.61. The third kappa shape index (κ3) is 2.49. The lowest BCUT2D eigenvalue weighted by molar-refractivity contribution is -0.121. The van der Waals surface area contributed by atoms with Gasteiger partial charge in [0.25, 0.3) is 0 Å². The van der Waals surface area contributed by atoms with Crippen LogP contribution in [0, 0.1) is 6.92 Å². The molecule has 110 valence electrons. The van der Waals surface area contributed by atoms with Crippen LogP contribution in [0.5, 0.6) is 0 Å². The summed E-state index contributed by atoms with van der Waals surface area (Å²) in [5, 5.41) is 9.59. The number of aliphatic hydroxyl groups excluding tert-OH is 1. The first-order chi connectivity index (χ1) is 9.23. The molecule has 1 aliphatic rings. The van der Waals surface area contributed by atoms with Crippen molar-refractivity contribution in [2.24, 2.45) is 5.73 Å². The Morgan fingerprint density at radius 2 is 2.10 bits per heavy atom. The third-order valence-electron chi connectivity index (χ3n) is 3.42. The quantitative estimate of drug-likeness (QED) is 0.629. The maximum absolute atomic E-state index is 12.5. The van der Waals surface area contributed by atoms with Gasteiger partial charge in [-0.1, -0.05) is 6.07 Å². The summed E-state index contributed by atoms with van der Waals surface area (Å²) in [4.78, 5) is 11.3. The summed E-state index contributed by atoms with van der Waals surface area (Å²) in [5.74, 6) is -0.773. The second kappa shape index (κ2) is 5.04. The van der Waals surface area contributed by atoms with Gasteiger partial charge in [-0.15, -0.1) is 0 Å². The van der Waals surface area contributed by atoms with Crippen LogP contribution >= 0.6 is 0 Å². The van der Waals surface area contributed by atoms with Gasteiger partial charge in [-0.2, -0.15) is 4.31 Å². The lowest BCUT2D eigenvalue weighted by Crippen LogP contribution is -2.43. The molecule has 0 saturated carbocycles. The Labute approximate surface area is 117 Å². The van der Waals surface area contributed by atoms with E-state index in [4.69, 9.17) is 11.5 Å². The average molecular weight is 299 g/mol. The SMILES string of the molecule is Cc1ccc(S(=O)(=O)N2CC(O)CC2C(N)=O)cc1N. The molecule has 5 N–H and O–H groups in total. The maximum atomic E-state index is 12.5. The Morgan fingerprint density at radius 1 is 1.45 bits per heavy atom. The molecule has 8 heteroatoms. The molecule has 1 aromatic rings. The van der Waals surface area contributed by atoms with Crippen molar-refractivity contribution in [3.05, 3.63) is 23.8 Å². The normalized spacial score (nSPS) is 23.9. The van der Waals surface area contributed by atoms with E-state index in [0.29, 0.717) is 5.69 Å². The van der Waals surface area contributed by atoms with Crippen LogP contribution in [0.3, 0.4) is 0 Å². The Bertz CT molecular complexity index is 644. The monoisotopic (exact) mass is 299 g/mol. The fourth-order valence-electron chi connectivity index (χ4n) is 2.22. The van der Waals surface area contributed by atoms with Gasteiger partial charge in [-0.05, 0) is 24.6 Å². The highest BCUT2D eigenvalue weighted by atomic mass is 32.2. The number of nitrogen functional groups attached to an aromatic ring is 1. The molecule has 0 bridgehead atoms. The molecular weight excluding hydrogens is 282 g/mol. The molecule has 0 aromatic heterocycles. The molecule has 0 radical (unpaired) electrons. The van der Waals surface area contributed by atoms with Crippen LogP contribution in [-0.4, -0.2) is 42.4 Å². The van der Waals surface area contributed by atoms with Gasteiger partial charge in [0, 0.05) is 18.7 Å². The van der Waals surface area contributed by atoms with E-state index in [1.165, 1.54) is 12.1 Å². The van der Waals surface area contributed by atoms with Gasteiger partial charge in [-0.25, -0.2) is 8.42 Å². The molecule has 1 saturated heterocycles. The molecular formula is C12H17N3O4S. The van der Waals surface area contributed by atoms with Crippen molar-refractivity contribution < 1.29 is 18.3 Å². The number of rotatable bonds is 3. The number of hydrogen-bond donors (Lipinski definition) is 3.